The van der Waals surface area contributed by atoms with Crippen LogP contribution in [0.1, 0.15) is 76.2 Å². The molecule has 198 valence electrons. The molecule has 7 bridgehead atoms. The standard InChI is InChI=1S/C31H34N2O5/c1-21-16-26-9-10-27(21)31(36)33-13-12-22-6-7-23(17-25(22)20-33)28(18-30(34)35)24-8-11-29(32-19-24)38-15-5-3-2-4-14-37-26/h6-11,16-17,19,28H,2-5,12-15,18,20H2,1H3,(H,34,35). The summed E-state index contributed by atoms with van der Waals surface area (Å²) in [5.41, 5.74) is 5.58. The van der Waals surface area contributed by atoms with Crippen LogP contribution in [0.3, 0.4) is 0 Å². The van der Waals surface area contributed by atoms with E-state index in [2.05, 4.69) is 17.1 Å². The highest BCUT2D eigenvalue weighted by molar-refractivity contribution is 5.96. The topological polar surface area (TPSA) is 89.0 Å². The van der Waals surface area contributed by atoms with Crippen LogP contribution >= 0.6 is 0 Å². The van der Waals surface area contributed by atoms with Crippen molar-refractivity contribution in [3.05, 3.63) is 88.1 Å². The molecule has 0 aliphatic carbocycles. The van der Waals surface area contributed by atoms with Crippen molar-refractivity contribution in [2.45, 2.75) is 57.9 Å². The predicted octanol–water partition coefficient (Wildman–Crippen LogP) is 5.53. The van der Waals surface area contributed by atoms with Crippen LogP contribution in [0.25, 0.3) is 0 Å². The molecule has 3 aromatic rings. The average Bonchev–Trinajstić information content (AvgIpc) is 2.92. The van der Waals surface area contributed by atoms with Crippen LogP contribution in [0.15, 0.2) is 54.7 Å². The number of carbonyl (C=O) groups excluding carboxylic acids is 1. The van der Waals surface area contributed by atoms with Crippen molar-refractivity contribution >= 4 is 11.9 Å². The van der Waals surface area contributed by atoms with Crippen LogP contribution in [0.5, 0.6) is 11.6 Å². The number of aromatic nitrogens is 1. The normalized spacial score (nSPS) is 18.2. The lowest BCUT2D eigenvalue weighted by atomic mass is 9.86. The molecule has 8 rings (SSSR count). The fraction of sp³-hybridized carbons (Fsp3) is 0.387. The highest BCUT2D eigenvalue weighted by Gasteiger charge is 2.25. The molecule has 1 N–H and O–H groups in total. The summed E-state index contributed by atoms with van der Waals surface area (Å²) in [5, 5.41) is 9.67. The molecule has 1 atom stereocenters. The molecule has 7 nitrogen and oxygen atoms in total. The van der Waals surface area contributed by atoms with Crippen molar-refractivity contribution in [1.29, 1.82) is 0 Å². The fourth-order valence-corrected chi connectivity index (χ4v) is 5.31. The smallest absolute Gasteiger partial charge is 0.304 e. The van der Waals surface area contributed by atoms with Crippen LogP contribution in [-0.4, -0.2) is 46.6 Å². The maximum Gasteiger partial charge on any atom is 0.304 e. The van der Waals surface area contributed by atoms with Gasteiger partial charge in [0.2, 0.25) is 5.88 Å². The number of aryl methyl sites for hydroxylation is 1. The summed E-state index contributed by atoms with van der Waals surface area (Å²) in [6, 6.07) is 15.6. The second-order valence-corrected chi connectivity index (χ2v) is 10.2. The van der Waals surface area contributed by atoms with Gasteiger partial charge in [-0.1, -0.05) is 24.3 Å². The molecule has 5 aliphatic rings. The Hall–Kier alpha value is -3.87. The molecule has 0 spiro atoms. The Kier molecular flexibility index (Phi) is 7.91. The Morgan fingerprint density at radius 1 is 0.974 bits per heavy atom. The minimum absolute atomic E-state index is 0.00497. The van der Waals surface area contributed by atoms with Crippen molar-refractivity contribution in [1.82, 2.24) is 9.88 Å². The molecule has 2 aromatic carbocycles. The number of aliphatic carboxylic acids is 1. The summed E-state index contributed by atoms with van der Waals surface area (Å²) in [6.45, 7) is 4.31. The minimum Gasteiger partial charge on any atom is -0.494 e. The third kappa shape index (κ3) is 5.98. The number of hydrogen-bond acceptors (Lipinski definition) is 5. The maximum atomic E-state index is 13.5. The number of carbonyl (C=O) groups is 2. The van der Waals surface area contributed by atoms with Gasteiger partial charge in [0, 0.05) is 36.8 Å². The number of carboxylic acids is 1. The zero-order valence-electron chi connectivity index (χ0n) is 21.8. The lowest BCUT2D eigenvalue weighted by molar-refractivity contribution is -0.137. The zero-order valence-corrected chi connectivity index (χ0v) is 21.8. The van der Waals surface area contributed by atoms with Gasteiger partial charge in [0.25, 0.3) is 5.91 Å². The largest absolute Gasteiger partial charge is 0.494 e. The quantitative estimate of drug-likeness (QED) is 0.484. The van der Waals surface area contributed by atoms with E-state index in [4.69, 9.17) is 9.47 Å². The first-order chi connectivity index (χ1) is 18.5. The lowest BCUT2D eigenvalue weighted by Crippen LogP contribution is -2.36. The summed E-state index contributed by atoms with van der Waals surface area (Å²) in [5.74, 6) is 0.119. The molecule has 1 amide bonds. The van der Waals surface area contributed by atoms with Crippen LogP contribution < -0.4 is 9.47 Å². The molecule has 0 fully saturated rings. The summed E-state index contributed by atoms with van der Waals surface area (Å²) in [4.78, 5) is 31.6. The second kappa shape index (κ2) is 11.7. The minimum atomic E-state index is -0.870. The lowest BCUT2D eigenvalue weighted by Gasteiger charge is -2.30. The van der Waals surface area contributed by atoms with Gasteiger partial charge in [0.05, 0.1) is 19.6 Å². The van der Waals surface area contributed by atoms with E-state index in [0.29, 0.717) is 37.7 Å². The summed E-state index contributed by atoms with van der Waals surface area (Å²) < 4.78 is 11.8. The van der Waals surface area contributed by atoms with Gasteiger partial charge in [-0.05, 0) is 85.0 Å². The number of rotatable bonds is 2. The number of amides is 1. The Labute approximate surface area is 223 Å². The first kappa shape index (κ1) is 25.8. The second-order valence-electron chi connectivity index (χ2n) is 10.2. The van der Waals surface area contributed by atoms with E-state index in [9.17, 15) is 14.7 Å². The van der Waals surface area contributed by atoms with Gasteiger partial charge >= 0.3 is 5.97 Å². The third-order valence-electron chi connectivity index (χ3n) is 7.46. The SMILES string of the molecule is Cc1cc2ccc1C(=O)N1CCc3ccc(cc3C1)C(CC(=O)O)c1ccc(nc1)OCCCCCCO2. The number of carboxylic acid groups (broad SMARTS) is 1. The number of benzene rings is 2. The van der Waals surface area contributed by atoms with E-state index in [0.717, 1.165) is 60.1 Å². The van der Waals surface area contributed by atoms with Gasteiger partial charge in [0.1, 0.15) is 5.75 Å². The molecule has 6 heterocycles. The zero-order chi connectivity index (χ0) is 26.5. The summed E-state index contributed by atoms with van der Waals surface area (Å²) >= 11 is 0. The van der Waals surface area contributed by atoms with Gasteiger partial charge in [-0.2, -0.15) is 0 Å². The fourth-order valence-electron chi connectivity index (χ4n) is 5.31. The molecule has 5 aliphatic heterocycles. The van der Waals surface area contributed by atoms with Crippen LogP contribution in [0, 0.1) is 6.92 Å². The molecule has 0 saturated heterocycles. The number of hydrogen-bond donors (Lipinski definition) is 1. The van der Waals surface area contributed by atoms with E-state index in [1.807, 2.05) is 48.2 Å². The van der Waals surface area contributed by atoms with E-state index in [1.165, 1.54) is 5.56 Å². The average molecular weight is 515 g/mol. The van der Waals surface area contributed by atoms with E-state index in [-0.39, 0.29) is 18.2 Å². The third-order valence-corrected chi connectivity index (χ3v) is 7.46. The van der Waals surface area contributed by atoms with Gasteiger partial charge in [-0.25, -0.2) is 4.98 Å². The molecule has 38 heavy (non-hydrogen) atoms. The van der Waals surface area contributed by atoms with E-state index < -0.39 is 5.97 Å². The molecule has 7 heteroatoms. The molecule has 0 saturated carbocycles. The van der Waals surface area contributed by atoms with Crippen LogP contribution in [0.4, 0.5) is 0 Å². The molecular weight excluding hydrogens is 480 g/mol. The number of pyridine rings is 1. The van der Waals surface area contributed by atoms with E-state index >= 15 is 0 Å². The van der Waals surface area contributed by atoms with Crippen LogP contribution in [0.2, 0.25) is 0 Å². The first-order valence-electron chi connectivity index (χ1n) is 13.4. The summed E-state index contributed by atoms with van der Waals surface area (Å²) in [6.07, 6.45) is 6.38. The number of ether oxygens (including phenoxy) is 2. The van der Waals surface area contributed by atoms with Gasteiger partial charge < -0.3 is 19.5 Å². The van der Waals surface area contributed by atoms with Gasteiger partial charge in [0.15, 0.2) is 0 Å². The Balaban J connectivity index is 1.46. The molecule has 1 unspecified atom stereocenters. The van der Waals surface area contributed by atoms with Crippen molar-refractivity contribution < 1.29 is 24.2 Å². The highest BCUT2D eigenvalue weighted by atomic mass is 16.5. The first-order valence-corrected chi connectivity index (χ1v) is 13.4. The van der Waals surface area contributed by atoms with Crippen molar-refractivity contribution in [3.8, 4) is 11.6 Å². The van der Waals surface area contributed by atoms with E-state index in [1.54, 1.807) is 6.20 Å². The monoisotopic (exact) mass is 514 g/mol. The van der Waals surface area contributed by atoms with Crippen molar-refractivity contribution in [2.75, 3.05) is 19.8 Å². The Bertz CT molecular complexity index is 1300. The number of nitrogens with zero attached hydrogens (tertiary/aromatic N) is 2. The van der Waals surface area contributed by atoms with Crippen molar-refractivity contribution in [2.24, 2.45) is 0 Å². The molecule has 0 radical (unpaired) electrons. The molecular formula is C31H34N2O5. The predicted molar refractivity (Wildman–Crippen MR) is 144 cm³/mol. The Morgan fingerprint density at radius 2 is 1.76 bits per heavy atom. The van der Waals surface area contributed by atoms with Crippen LogP contribution in [-0.2, 0) is 17.8 Å². The Morgan fingerprint density at radius 3 is 2.50 bits per heavy atom. The highest BCUT2D eigenvalue weighted by Crippen LogP contribution is 2.32. The van der Waals surface area contributed by atoms with Gasteiger partial charge in [-0.3, -0.25) is 9.59 Å². The van der Waals surface area contributed by atoms with Gasteiger partial charge in [-0.15, -0.1) is 0 Å². The molecule has 1 aromatic heterocycles. The maximum absolute atomic E-state index is 13.5. The summed E-state index contributed by atoms with van der Waals surface area (Å²) in [7, 11) is 0. The van der Waals surface area contributed by atoms with Crippen molar-refractivity contribution in [3.63, 3.8) is 0 Å².